The highest BCUT2D eigenvalue weighted by Gasteiger charge is 2.02. The summed E-state index contributed by atoms with van der Waals surface area (Å²) in [5.41, 5.74) is 0.953. The second kappa shape index (κ2) is 9.33. The van der Waals surface area contributed by atoms with Crippen molar-refractivity contribution >= 4 is 23.6 Å². The first-order valence-corrected chi connectivity index (χ1v) is 7.12. The fraction of sp³-hybridized carbons (Fsp3) is 0.385. The van der Waals surface area contributed by atoms with Crippen LogP contribution in [0.5, 0.6) is 0 Å². The van der Waals surface area contributed by atoms with Gasteiger partial charge in [-0.15, -0.1) is 11.8 Å². The maximum absolute atomic E-state index is 12.7. The number of halogens is 1. The first kappa shape index (κ1) is 16.5. The van der Waals surface area contributed by atoms with Gasteiger partial charge in [0, 0.05) is 12.3 Å². The highest BCUT2D eigenvalue weighted by Crippen LogP contribution is 2.12. The Bertz CT molecular complexity index is 439. The van der Waals surface area contributed by atoms with Crippen LogP contribution in [0.15, 0.2) is 24.3 Å². The number of amides is 1. The van der Waals surface area contributed by atoms with Crippen LogP contribution in [0.4, 0.5) is 4.39 Å². The third kappa shape index (κ3) is 7.75. The Morgan fingerprint density at radius 1 is 1.30 bits per heavy atom. The average Bonchev–Trinajstić information content (AvgIpc) is 2.40. The summed E-state index contributed by atoms with van der Waals surface area (Å²) in [6.45, 7) is 0.0824. The summed E-state index contributed by atoms with van der Waals surface area (Å²) in [5, 5.41) is 10.9. The van der Waals surface area contributed by atoms with Gasteiger partial charge in [-0.25, -0.2) is 9.18 Å². The number of nitrogens with one attached hydrogen (secondary N) is 1. The van der Waals surface area contributed by atoms with Crippen LogP contribution in [0.2, 0.25) is 0 Å². The topological polar surface area (TPSA) is 75.6 Å². The maximum Gasteiger partial charge on any atom is 0.329 e. The van der Waals surface area contributed by atoms with E-state index in [1.807, 2.05) is 0 Å². The standard InChI is InChI=1S/C13H16FNO4S/c14-11-3-1-10(2-4-11)8-20-9-12(16)15-5-6-19-7-13(17)18/h1-4H,5-9H2,(H,15,16)(H,17,18). The smallest absolute Gasteiger partial charge is 0.329 e. The molecule has 5 nitrogen and oxygen atoms in total. The number of carboxylic acids is 1. The average molecular weight is 301 g/mol. The SMILES string of the molecule is O=C(O)COCCNC(=O)CSCc1ccc(F)cc1. The Hall–Kier alpha value is -1.60. The second-order valence-electron chi connectivity index (χ2n) is 3.92. The van der Waals surface area contributed by atoms with Gasteiger partial charge in [0.2, 0.25) is 5.91 Å². The van der Waals surface area contributed by atoms with Gasteiger partial charge in [0.25, 0.3) is 0 Å². The second-order valence-corrected chi connectivity index (χ2v) is 4.90. The van der Waals surface area contributed by atoms with Gasteiger partial charge in [-0.1, -0.05) is 12.1 Å². The number of benzene rings is 1. The number of aliphatic carboxylic acids is 1. The van der Waals surface area contributed by atoms with Crippen LogP contribution in [-0.2, 0) is 20.1 Å². The van der Waals surface area contributed by atoms with Crippen molar-refractivity contribution in [2.45, 2.75) is 5.75 Å². The highest BCUT2D eigenvalue weighted by atomic mass is 32.2. The summed E-state index contributed by atoms with van der Waals surface area (Å²) in [5.74, 6) is -0.542. The lowest BCUT2D eigenvalue weighted by atomic mass is 10.2. The summed E-state index contributed by atoms with van der Waals surface area (Å²) in [6.07, 6.45) is 0. The molecule has 1 aromatic carbocycles. The van der Waals surface area contributed by atoms with Crippen molar-refractivity contribution in [3.8, 4) is 0 Å². The molecule has 0 aliphatic heterocycles. The summed E-state index contributed by atoms with van der Waals surface area (Å²) in [6, 6.07) is 6.13. The Morgan fingerprint density at radius 3 is 2.65 bits per heavy atom. The molecule has 0 radical (unpaired) electrons. The van der Waals surface area contributed by atoms with Gasteiger partial charge in [-0.05, 0) is 17.7 Å². The minimum atomic E-state index is -1.04. The van der Waals surface area contributed by atoms with E-state index < -0.39 is 5.97 Å². The van der Waals surface area contributed by atoms with Crippen LogP contribution in [0.3, 0.4) is 0 Å². The summed E-state index contributed by atoms with van der Waals surface area (Å²) >= 11 is 1.42. The van der Waals surface area contributed by atoms with Gasteiger partial charge in [0.1, 0.15) is 12.4 Å². The molecule has 0 aliphatic rings. The van der Waals surface area contributed by atoms with Gasteiger partial charge >= 0.3 is 5.97 Å². The lowest BCUT2D eigenvalue weighted by Gasteiger charge is -2.05. The van der Waals surface area contributed by atoms with Crippen molar-refractivity contribution in [3.05, 3.63) is 35.6 Å². The third-order valence-corrected chi connectivity index (χ3v) is 3.21. The number of carboxylic acid groups (broad SMARTS) is 1. The Morgan fingerprint density at radius 2 is 2.00 bits per heavy atom. The van der Waals surface area contributed by atoms with Crippen molar-refractivity contribution in [2.75, 3.05) is 25.5 Å². The number of carbonyl (C=O) groups is 2. The first-order valence-electron chi connectivity index (χ1n) is 5.96. The van der Waals surface area contributed by atoms with Crippen LogP contribution < -0.4 is 5.32 Å². The predicted molar refractivity (Wildman–Crippen MR) is 74.0 cm³/mol. The van der Waals surface area contributed by atoms with Gasteiger partial charge in [0.15, 0.2) is 0 Å². The first-order chi connectivity index (χ1) is 9.58. The normalized spacial score (nSPS) is 10.2. The molecule has 0 aliphatic carbocycles. The fourth-order valence-electron chi connectivity index (χ4n) is 1.32. The molecule has 0 aromatic heterocycles. The molecule has 7 heteroatoms. The van der Waals surface area contributed by atoms with Crippen LogP contribution in [-0.4, -0.2) is 42.5 Å². The molecule has 1 rings (SSSR count). The van der Waals surface area contributed by atoms with Crippen LogP contribution in [0.1, 0.15) is 5.56 Å². The number of carbonyl (C=O) groups excluding carboxylic acids is 1. The minimum absolute atomic E-state index is 0.143. The molecule has 110 valence electrons. The third-order valence-electron chi connectivity index (χ3n) is 2.21. The monoisotopic (exact) mass is 301 g/mol. The van der Waals surface area contributed by atoms with E-state index in [0.29, 0.717) is 5.75 Å². The zero-order valence-electron chi connectivity index (χ0n) is 10.8. The van der Waals surface area contributed by atoms with E-state index in [4.69, 9.17) is 9.84 Å². The van der Waals surface area contributed by atoms with E-state index in [9.17, 15) is 14.0 Å². The lowest BCUT2D eigenvalue weighted by Crippen LogP contribution is -2.29. The molecular weight excluding hydrogens is 285 g/mol. The molecule has 0 saturated heterocycles. The summed E-state index contributed by atoms with van der Waals surface area (Å²) in [7, 11) is 0. The Kier molecular flexibility index (Phi) is 7.67. The predicted octanol–water partition coefficient (Wildman–Crippen LogP) is 1.28. The van der Waals surface area contributed by atoms with Crippen molar-refractivity contribution in [1.82, 2.24) is 5.32 Å². The van der Waals surface area contributed by atoms with E-state index in [2.05, 4.69) is 5.32 Å². The largest absolute Gasteiger partial charge is 0.480 e. The quantitative estimate of drug-likeness (QED) is 0.672. The molecule has 20 heavy (non-hydrogen) atoms. The number of rotatable bonds is 9. The Balaban J connectivity index is 2.05. The van der Waals surface area contributed by atoms with Crippen molar-refractivity contribution in [2.24, 2.45) is 0 Å². The van der Waals surface area contributed by atoms with E-state index in [0.717, 1.165) is 5.56 Å². The molecule has 0 heterocycles. The molecular formula is C13H16FNO4S. The maximum atomic E-state index is 12.7. The summed E-state index contributed by atoms with van der Waals surface area (Å²) < 4.78 is 17.4. The molecule has 0 atom stereocenters. The molecule has 0 bridgehead atoms. The van der Waals surface area contributed by atoms with Gasteiger partial charge in [-0.2, -0.15) is 0 Å². The van der Waals surface area contributed by atoms with Gasteiger partial charge < -0.3 is 15.2 Å². The van der Waals surface area contributed by atoms with E-state index >= 15 is 0 Å². The van der Waals surface area contributed by atoms with Gasteiger partial charge in [0.05, 0.1) is 12.4 Å². The zero-order valence-corrected chi connectivity index (χ0v) is 11.6. The van der Waals surface area contributed by atoms with Gasteiger partial charge in [-0.3, -0.25) is 4.79 Å². The van der Waals surface area contributed by atoms with Crippen molar-refractivity contribution in [3.63, 3.8) is 0 Å². The number of thioether (sulfide) groups is 1. The van der Waals surface area contributed by atoms with Crippen LogP contribution in [0.25, 0.3) is 0 Å². The zero-order chi connectivity index (χ0) is 14.8. The molecule has 2 N–H and O–H groups in total. The van der Waals surface area contributed by atoms with E-state index in [1.54, 1.807) is 12.1 Å². The highest BCUT2D eigenvalue weighted by molar-refractivity contribution is 7.99. The molecule has 1 aromatic rings. The molecule has 0 saturated carbocycles. The molecule has 1 amide bonds. The van der Waals surface area contributed by atoms with Crippen LogP contribution >= 0.6 is 11.8 Å². The Labute approximate surface area is 120 Å². The molecule has 0 spiro atoms. The fourth-order valence-corrected chi connectivity index (χ4v) is 2.13. The number of hydrogen-bond donors (Lipinski definition) is 2. The number of hydrogen-bond acceptors (Lipinski definition) is 4. The lowest BCUT2D eigenvalue weighted by molar-refractivity contribution is -0.142. The molecule has 0 unspecified atom stereocenters. The van der Waals surface area contributed by atoms with Crippen molar-refractivity contribution in [1.29, 1.82) is 0 Å². The van der Waals surface area contributed by atoms with Crippen LogP contribution in [0, 0.1) is 5.82 Å². The molecule has 0 fully saturated rings. The van der Waals surface area contributed by atoms with E-state index in [1.165, 1.54) is 23.9 Å². The van der Waals surface area contributed by atoms with E-state index in [-0.39, 0.29) is 37.2 Å². The summed E-state index contributed by atoms with van der Waals surface area (Å²) in [4.78, 5) is 21.6. The minimum Gasteiger partial charge on any atom is -0.480 e. The van der Waals surface area contributed by atoms with Crippen molar-refractivity contribution < 1.29 is 23.8 Å². The number of ether oxygens (including phenoxy) is 1.